The fraction of sp³-hybridized carbons (Fsp3) is 0.414. The van der Waals surface area contributed by atoms with E-state index in [9.17, 15) is 15.0 Å². The Labute approximate surface area is 202 Å². The van der Waals surface area contributed by atoms with Gasteiger partial charge in [0.1, 0.15) is 0 Å². The minimum Gasteiger partial charge on any atom is -0.395 e. The summed E-state index contributed by atoms with van der Waals surface area (Å²) in [5, 5.41) is 24.9. The van der Waals surface area contributed by atoms with Gasteiger partial charge in [0.05, 0.1) is 13.2 Å². The SMILES string of the molecule is C[C@@H](NC1CCCC(c2ccc(C(=O)N(CCO)CCO)cc2)C1)c1cccc2ccccc12. The lowest BCUT2D eigenvalue weighted by Crippen LogP contribution is -2.36. The van der Waals surface area contributed by atoms with E-state index in [1.165, 1.54) is 39.6 Å². The van der Waals surface area contributed by atoms with Gasteiger partial charge in [0.15, 0.2) is 0 Å². The van der Waals surface area contributed by atoms with Crippen molar-refractivity contribution in [1.82, 2.24) is 10.2 Å². The molecule has 3 aromatic rings. The maximum atomic E-state index is 12.7. The Bertz CT molecular complexity index is 1070. The quantitative estimate of drug-likeness (QED) is 0.435. The molecular weight excluding hydrogens is 424 g/mol. The first-order valence-corrected chi connectivity index (χ1v) is 12.5. The summed E-state index contributed by atoms with van der Waals surface area (Å²) in [5.74, 6) is 0.322. The van der Waals surface area contributed by atoms with E-state index in [1.807, 2.05) is 12.1 Å². The molecule has 3 aromatic carbocycles. The number of nitrogens with one attached hydrogen (secondary N) is 1. The number of carbonyl (C=O) groups is 1. The van der Waals surface area contributed by atoms with Crippen molar-refractivity contribution in [2.75, 3.05) is 26.3 Å². The average Bonchev–Trinajstić information content (AvgIpc) is 2.88. The van der Waals surface area contributed by atoms with Gasteiger partial charge in [-0.15, -0.1) is 0 Å². The highest BCUT2D eigenvalue weighted by Gasteiger charge is 2.25. The molecular formula is C29H36N2O3. The molecule has 2 unspecified atom stereocenters. The first kappa shape index (κ1) is 24.4. The smallest absolute Gasteiger partial charge is 0.254 e. The summed E-state index contributed by atoms with van der Waals surface area (Å²) < 4.78 is 0. The highest BCUT2D eigenvalue weighted by atomic mass is 16.3. The molecule has 5 heteroatoms. The lowest BCUT2D eigenvalue weighted by molar-refractivity contribution is 0.0685. The molecule has 0 saturated heterocycles. The van der Waals surface area contributed by atoms with Gasteiger partial charge in [-0.25, -0.2) is 0 Å². The zero-order valence-electron chi connectivity index (χ0n) is 20.0. The largest absolute Gasteiger partial charge is 0.395 e. The van der Waals surface area contributed by atoms with E-state index in [2.05, 4.69) is 66.8 Å². The number of nitrogens with zero attached hydrogens (tertiary/aromatic N) is 1. The van der Waals surface area contributed by atoms with Crippen LogP contribution in [0.5, 0.6) is 0 Å². The summed E-state index contributed by atoms with van der Waals surface area (Å²) in [6.45, 7) is 2.49. The first-order chi connectivity index (χ1) is 16.6. The minimum absolute atomic E-state index is 0.114. The minimum atomic E-state index is -0.151. The number of carbonyl (C=O) groups excluding carboxylic acids is 1. The zero-order valence-corrected chi connectivity index (χ0v) is 20.0. The second-order valence-corrected chi connectivity index (χ2v) is 9.38. The molecule has 3 N–H and O–H groups in total. The van der Waals surface area contributed by atoms with Gasteiger partial charge in [-0.1, -0.05) is 61.0 Å². The number of aliphatic hydroxyl groups excluding tert-OH is 2. The summed E-state index contributed by atoms with van der Waals surface area (Å²) in [4.78, 5) is 14.2. The maximum absolute atomic E-state index is 12.7. The number of fused-ring (bicyclic) bond motifs is 1. The zero-order chi connectivity index (χ0) is 23.9. The Morgan fingerprint density at radius 2 is 1.68 bits per heavy atom. The van der Waals surface area contributed by atoms with E-state index in [4.69, 9.17) is 0 Å². The van der Waals surface area contributed by atoms with E-state index < -0.39 is 0 Å². The van der Waals surface area contributed by atoms with E-state index >= 15 is 0 Å². The molecule has 0 aliphatic heterocycles. The van der Waals surface area contributed by atoms with Gasteiger partial charge in [-0.2, -0.15) is 0 Å². The number of amides is 1. The number of benzene rings is 3. The van der Waals surface area contributed by atoms with Crippen LogP contribution in [-0.4, -0.2) is 53.4 Å². The molecule has 0 bridgehead atoms. The van der Waals surface area contributed by atoms with Crippen molar-refractivity contribution in [2.45, 2.75) is 50.6 Å². The molecule has 1 aliphatic rings. The van der Waals surface area contributed by atoms with Crippen LogP contribution in [0.3, 0.4) is 0 Å². The normalized spacial score (nSPS) is 19.1. The fourth-order valence-electron chi connectivity index (χ4n) is 5.35. The number of hydrogen-bond donors (Lipinski definition) is 3. The third-order valence-electron chi connectivity index (χ3n) is 7.11. The van der Waals surface area contributed by atoms with Crippen LogP contribution in [0.25, 0.3) is 10.8 Å². The molecule has 0 aromatic heterocycles. The Balaban J connectivity index is 1.41. The van der Waals surface area contributed by atoms with Crippen LogP contribution < -0.4 is 5.32 Å². The summed E-state index contributed by atoms with van der Waals surface area (Å²) in [5.41, 5.74) is 3.22. The molecule has 1 aliphatic carbocycles. The van der Waals surface area contributed by atoms with Crippen LogP contribution in [0.15, 0.2) is 66.7 Å². The van der Waals surface area contributed by atoms with E-state index in [0.29, 0.717) is 17.5 Å². The Kier molecular flexibility index (Phi) is 8.33. The second kappa shape index (κ2) is 11.6. The Morgan fingerprint density at radius 3 is 2.41 bits per heavy atom. The van der Waals surface area contributed by atoms with E-state index in [-0.39, 0.29) is 38.3 Å². The molecule has 3 atom stereocenters. The van der Waals surface area contributed by atoms with Gasteiger partial charge < -0.3 is 20.4 Å². The third kappa shape index (κ3) is 5.66. The van der Waals surface area contributed by atoms with Crippen molar-refractivity contribution in [1.29, 1.82) is 0 Å². The fourth-order valence-corrected chi connectivity index (χ4v) is 5.35. The predicted molar refractivity (Wildman–Crippen MR) is 137 cm³/mol. The van der Waals surface area contributed by atoms with Crippen LogP contribution in [0.4, 0.5) is 0 Å². The number of rotatable bonds is 9. The van der Waals surface area contributed by atoms with Gasteiger partial charge >= 0.3 is 0 Å². The van der Waals surface area contributed by atoms with Gasteiger partial charge in [-0.3, -0.25) is 4.79 Å². The molecule has 5 nitrogen and oxygen atoms in total. The molecule has 0 spiro atoms. The summed E-state index contributed by atoms with van der Waals surface area (Å²) in [6.07, 6.45) is 4.62. The van der Waals surface area contributed by atoms with Crippen LogP contribution in [0, 0.1) is 0 Å². The predicted octanol–water partition coefficient (Wildman–Crippen LogP) is 4.64. The van der Waals surface area contributed by atoms with Crippen molar-refractivity contribution in [3.8, 4) is 0 Å². The first-order valence-electron chi connectivity index (χ1n) is 12.5. The van der Waals surface area contributed by atoms with E-state index in [1.54, 1.807) is 0 Å². The molecule has 180 valence electrons. The Hall–Kier alpha value is -2.73. The second-order valence-electron chi connectivity index (χ2n) is 9.38. The van der Waals surface area contributed by atoms with Crippen molar-refractivity contribution >= 4 is 16.7 Å². The molecule has 4 rings (SSSR count). The number of aliphatic hydroxyl groups is 2. The van der Waals surface area contributed by atoms with Gasteiger partial charge in [0, 0.05) is 30.7 Å². The molecule has 1 saturated carbocycles. The topological polar surface area (TPSA) is 72.8 Å². The lowest BCUT2D eigenvalue weighted by atomic mass is 9.80. The molecule has 0 heterocycles. The summed E-state index contributed by atoms with van der Waals surface area (Å²) >= 11 is 0. The molecule has 0 radical (unpaired) electrons. The summed E-state index contributed by atoms with van der Waals surface area (Å²) in [6, 6.07) is 23.8. The van der Waals surface area contributed by atoms with Crippen LogP contribution in [-0.2, 0) is 0 Å². The van der Waals surface area contributed by atoms with Crippen molar-refractivity contribution < 1.29 is 15.0 Å². The summed E-state index contributed by atoms with van der Waals surface area (Å²) in [7, 11) is 0. The average molecular weight is 461 g/mol. The van der Waals surface area contributed by atoms with Gasteiger partial charge in [-0.05, 0) is 66.1 Å². The maximum Gasteiger partial charge on any atom is 0.254 e. The van der Waals surface area contributed by atoms with Crippen LogP contribution >= 0.6 is 0 Å². The van der Waals surface area contributed by atoms with Crippen LogP contribution in [0.1, 0.15) is 66.1 Å². The van der Waals surface area contributed by atoms with Crippen molar-refractivity contribution in [3.05, 3.63) is 83.4 Å². The van der Waals surface area contributed by atoms with Crippen LogP contribution in [0.2, 0.25) is 0 Å². The molecule has 1 fully saturated rings. The van der Waals surface area contributed by atoms with Crippen molar-refractivity contribution in [3.63, 3.8) is 0 Å². The highest BCUT2D eigenvalue weighted by Crippen LogP contribution is 2.34. The Morgan fingerprint density at radius 1 is 0.971 bits per heavy atom. The third-order valence-corrected chi connectivity index (χ3v) is 7.11. The van der Waals surface area contributed by atoms with E-state index in [0.717, 1.165) is 12.8 Å². The van der Waals surface area contributed by atoms with Gasteiger partial charge in [0.25, 0.3) is 5.91 Å². The highest BCUT2D eigenvalue weighted by molar-refractivity contribution is 5.94. The standard InChI is InChI=1S/C29H36N2O3/c1-21(27-11-5-7-23-6-2-3-10-28(23)27)30-26-9-4-8-25(20-26)22-12-14-24(15-13-22)29(34)31(16-18-32)17-19-33/h2-3,5-7,10-15,21,25-26,30,32-33H,4,8-9,16-20H2,1H3/t21-,25?,26?/m1/s1. The lowest BCUT2D eigenvalue weighted by Gasteiger charge is -2.32. The number of hydrogen-bond acceptors (Lipinski definition) is 4. The van der Waals surface area contributed by atoms with Gasteiger partial charge in [0.2, 0.25) is 0 Å². The van der Waals surface area contributed by atoms with Crippen molar-refractivity contribution in [2.24, 2.45) is 0 Å². The molecule has 34 heavy (non-hydrogen) atoms. The molecule has 1 amide bonds. The monoisotopic (exact) mass is 460 g/mol.